The van der Waals surface area contributed by atoms with Crippen LogP contribution in [0.5, 0.6) is 23.0 Å². The largest absolute Gasteiger partial charge is 0.508 e. The van der Waals surface area contributed by atoms with Crippen LogP contribution in [0, 0.1) is 23.7 Å². The van der Waals surface area contributed by atoms with E-state index in [9.17, 15) is 24.6 Å². The maximum Gasteiger partial charge on any atom is 0.344 e. The summed E-state index contributed by atoms with van der Waals surface area (Å²) in [6.45, 7) is 10.1. The molecule has 4 bridgehead atoms. The Balaban J connectivity index is 0.000000162. The van der Waals surface area contributed by atoms with Gasteiger partial charge in [-0.05, 0) is 121 Å². The molecule has 9 nitrogen and oxygen atoms in total. The zero-order valence-electron chi connectivity index (χ0n) is 34.3. The van der Waals surface area contributed by atoms with E-state index in [1.165, 1.54) is 61.9 Å². The van der Waals surface area contributed by atoms with Crippen LogP contribution < -0.4 is 4.74 Å². The maximum absolute atomic E-state index is 12.9. The van der Waals surface area contributed by atoms with Crippen molar-refractivity contribution in [3.8, 4) is 23.0 Å². The van der Waals surface area contributed by atoms with Gasteiger partial charge in [0.1, 0.15) is 28.6 Å². The first-order valence-electron chi connectivity index (χ1n) is 21.1. The SMILES string of the molecule is CC.CCC1(OC(=O)COC(=O)c2ccc(C(C)C)c3ccccc23)C2CC3CC(C2)CC1C3.O=C1OC2(c3ccc(O)cc3Oc3cc(O)ccc32)c2ccccc21. The molecule has 2 N–H and O–H groups in total. The second kappa shape index (κ2) is 15.7. The summed E-state index contributed by atoms with van der Waals surface area (Å²) < 4.78 is 23.4. The number of ether oxygens (including phenoxy) is 4. The number of hydrogen-bond acceptors (Lipinski definition) is 9. The summed E-state index contributed by atoms with van der Waals surface area (Å²) in [5.41, 5.74) is 2.62. The second-order valence-corrected chi connectivity index (χ2v) is 16.6. The minimum absolute atomic E-state index is 0.0371. The molecule has 1 spiro atoms. The van der Waals surface area contributed by atoms with E-state index < -0.39 is 23.5 Å². The number of aromatic hydroxyl groups is 2. The Bertz CT molecular complexity index is 2350. The number of carbonyl (C=O) groups excluding carboxylic acids is 3. The highest BCUT2D eigenvalue weighted by atomic mass is 16.6. The average molecular weight is 797 g/mol. The third kappa shape index (κ3) is 6.78. The molecule has 6 aliphatic rings. The van der Waals surface area contributed by atoms with Crippen molar-refractivity contribution < 1.29 is 43.5 Å². The zero-order chi connectivity index (χ0) is 41.6. The van der Waals surface area contributed by atoms with Gasteiger partial charge in [0.25, 0.3) is 0 Å². The summed E-state index contributed by atoms with van der Waals surface area (Å²) in [5, 5.41) is 21.6. The van der Waals surface area contributed by atoms with E-state index in [0.29, 0.717) is 57.1 Å². The van der Waals surface area contributed by atoms with Crippen LogP contribution in [0.4, 0.5) is 0 Å². The van der Waals surface area contributed by atoms with Crippen LogP contribution >= 0.6 is 0 Å². The summed E-state index contributed by atoms with van der Waals surface area (Å²) in [6, 6.07) is 28.3. The molecular formula is C50H52O9. The van der Waals surface area contributed by atoms with E-state index in [4.69, 9.17) is 18.9 Å². The molecular weight excluding hydrogens is 745 g/mol. The molecule has 9 heteroatoms. The molecule has 4 fully saturated rings. The standard InChI is InChI=1S/C28H34O4.C20H12O5.C2H6/c1-4-28(20-12-18-11-19(14-20)15-21(28)13-18)32-26(29)16-31-27(30)25-10-9-22(17(2)3)23-7-5-6-8-24(23)25;21-11-5-7-15-17(9-11)24-18-10-12(22)6-8-16(18)20(15)14-4-2-1-3-13(14)19(23)25-20;1-2/h5-10,17-21H,4,11-16H2,1-3H3;1-10,21-22H;1-2H3. The molecule has 0 atom stereocenters. The first-order valence-corrected chi connectivity index (χ1v) is 21.1. The van der Waals surface area contributed by atoms with E-state index >= 15 is 0 Å². The monoisotopic (exact) mass is 796 g/mol. The van der Waals surface area contributed by atoms with Crippen LogP contribution in [0.2, 0.25) is 0 Å². The second-order valence-electron chi connectivity index (χ2n) is 16.6. The molecule has 59 heavy (non-hydrogen) atoms. The third-order valence-electron chi connectivity index (χ3n) is 13.2. The van der Waals surface area contributed by atoms with Gasteiger partial charge in [0.2, 0.25) is 0 Å². The van der Waals surface area contributed by atoms with Gasteiger partial charge in [-0.25, -0.2) is 14.4 Å². The van der Waals surface area contributed by atoms with Crippen molar-refractivity contribution in [1.29, 1.82) is 0 Å². The normalized spacial score (nSPS) is 23.4. The zero-order valence-corrected chi connectivity index (χ0v) is 34.3. The number of rotatable bonds is 6. The minimum atomic E-state index is -1.17. The third-order valence-corrected chi connectivity index (χ3v) is 13.2. The van der Waals surface area contributed by atoms with Crippen LogP contribution in [0.15, 0.2) is 97.1 Å². The van der Waals surface area contributed by atoms with Gasteiger partial charge in [-0.15, -0.1) is 0 Å². The molecule has 2 heterocycles. The van der Waals surface area contributed by atoms with Crippen LogP contribution in [0.1, 0.15) is 122 Å². The highest BCUT2D eigenvalue weighted by molar-refractivity contribution is 6.06. The molecule has 0 saturated heterocycles. The topological polar surface area (TPSA) is 129 Å². The summed E-state index contributed by atoms with van der Waals surface area (Å²) in [6.07, 6.45) is 6.94. The van der Waals surface area contributed by atoms with Gasteiger partial charge in [0.05, 0.1) is 11.1 Å². The molecule has 0 aromatic heterocycles. The van der Waals surface area contributed by atoms with Crippen molar-refractivity contribution in [3.63, 3.8) is 0 Å². The van der Waals surface area contributed by atoms with Crippen LogP contribution in [-0.4, -0.2) is 40.3 Å². The molecule has 0 unspecified atom stereocenters. The Labute approximate surface area is 345 Å². The van der Waals surface area contributed by atoms with E-state index in [2.05, 4.69) is 20.8 Å². The number of fused-ring (bicyclic) bond motifs is 7. The van der Waals surface area contributed by atoms with E-state index in [-0.39, 0.29) is 23.7 Å². The number of phenolic OH excluding ortho intramolecular Hbond substituents is 2. The molecule has 2 aliphatic heterocycles. The van der Waals surface area contributed by atoms with Crippen LogP contribution in [-0.2, 0) is 24.6 Å². The van der Waals surface area contributed by atoms with Crippen LogP contribution in [0.25, 0.3) is 10.8 Å². The fraction of sp³-hybridized carbons (Fsp3) is 0.380. The summed E-state index contributed by atoms with van der Waals surface area (Å²) >= 11 is 0. The first kappa shape index (κ1) is 40.0. The Hall–Kier alpha value is -5.83. The summed E-state index contributed by atoms with van der Waals surface area (Å²) in [4.78, 5) is 38.3. The summed E-state index contributed by atoms with van der Waals surface area (Å²) in [5.74, 6) is 2.45. The lowest BCUT2D eigenvalue weighted by molar-refractivity contribution is -0.212. The summed E-state index contributed by atoms with van der Waals surface area (Å²) in [7, 11) is 0. The van der Waals surface area contributed by atoms with E-state index in [1.54, 1.807) is 24.3 Å². The molecule has 5 aromatic carbocycles. The quantitative estimate of drug-likeness (QED) is 0.127. The van der Waals surface area contributed by atoms with Crippen molar-refractivity contribution >= 4 is 28.7 Å². The smallest absolute Gasteiger partial charge is 0.344 e. The Morgan fingerprint density at radius 1 is 0.746 bits per heavy atom. The minimum Gasteiger partial charge on any atom is -0.508 e. The average Bonchev–Trinajstić information content (AvgIpc) is 3.53. The highest BCUT2D eigenvalue weighted by Gasteiger charge is 2.59. The highest BCUT2D eigenvalue weighted by Crippen LogP contribution is 2.61. The van der Waals surface area contributed by atoms with E-state index in [0.717, 1.165) is 29.0 Å². The van der Waals surface area contributed by atoms with Crippen molar-refractivity contribution in [2.45, 2.75) is 90.3 Å². The van der Waals surface area contributed by atoms with Crippen molar-refractivity contribution in [2.75, 3.05) is 6.61 Å². The van der Waals surface area contributed by atoms with Crippen molar-refractivity contribution in [2.24, 2.45) is 23.7 Å². The van der Waals surface area contributed by atoms with Gasteiger partial charge in [0.15, 0.2) is 12.2 Å². The Kier molecular flexibility index (Phi) is 10.7. The number of esters is 3. The fourth-order valence-electron chi connectivity index (χ4n) is 10.9. The lowest BCUT2D eigenvalue weighted by Crippen LogP contribution is -2.59. The van der Waals surface area contributed by atoms with E-state index in [1.807, 2.05) is 62.4 Å². The number of phenols is 2. The van der Waals surface area contributed by atoms with Gasteiger partial charge in [0, 0.05) is 28.8 Å². The predicted octanol–water partition coefficient (Wildman–Crippen LogP) is 11.0. The van der Waals surface area contributed by atoms with Gasteiger partial charge in [-0.1, -0.05) is 83.1 Å². The molecule has 4 aliphatic carbocycles. The molecule has 306 valence electrons. The lowest BCUT2D eigenvalue weighted by atomic mass is 9.49. The van der Waals surface area contributed by atoms with Gasteiger partial charge in [-0.3, -0.25) is 0 Å². The predicted molar refractivity (Wildman–Crippen MR) is 224 cm³/mol. The number of benzene rings is 5. The molecule has 5 aromatic rings. The molecule has 4 saturated carbocycles. The number of hydrogen-bond donors (Lipinski definition) is 2. The van der Waals surface area contributed by atoms with Crippen molar-refractivity contribution in [1.82, 2.24) is 0 Å². The fourth-order valence-corrected chi connectivity index (χ4v) is 10.9. The Morgan fingerprint density at radius 2 is 1.32 bits per heavy atom. The van der Waals surface area contributed by atoms with Crippen LogP contribution in [0.3, 0.4) is 0 Å². The molecule has 11 rings (SSSR count). The Morgan fingerprint density at radius 3 is 1.92 bits per heavy atom. The van der Waals surface area contributed by atoms with Crippen molar-refractivity contribution in [3.05, 3.63) is 130 Å². The molecule has 0 radical (unpaired) electrons. The molecule has 0 amide bonds. The van der Waals surface area contributed by atoms with Gasteiger partial charge >= 0.3 is 17.9 Å². The lowest BCUT2D eigenvalue weighted by Gasteiger charge is -2.60. The van der Waals surface area contributed by atoms with Gasteiger partial charge in [-0.2, -0.15) is 0 Å². The number of carbonyl (C=O) groups is 3. The van der Waals surface area contributed by atoms with Gasteiger partial charge < -0.3 is 29.2 Å². The maximum atomic E-state index is 12.9. The first-order chi connectivity index (χ1) is 28.5.